The number of nitrogens with zero attached hydrogens (tertiary/aromatic N) is 3. The number of ether oxygens (including phenoxy) is 1. The summed E-state index contributed by atoms with van der Waals surface area (Å²) in [6.45, 7) is 0.500. The summed E-state index contributed by atoms with van der Waals surface area (Å²) in [7, 11) is 0. The molecule has 0 amide bonds. The minimum atomic E-state index is 0.500. The van der Waals surface area contributed by atoms with E-state index in [2.05, 4.69) is 15.0 Å². The van der Waals surface area contributed by atoms with Gasteiger partial charge in [-0.2, -0.15) is 0 Å². The molecule has 0 aliphatic carbocycles. The van der Waals surface area contributed by atoms with Crippen molar-refractivity contribution in [1.29, 1.82) is 0 Å². The number of pyridine rings is 1. The first-order valence-corrected chi connectivity index (χ1v) is 4.23. The highest BCUT2D eigenvalue weighted by Crippen LogP contribution is 2.05. The maximum Gasteiger partial charge on any atom is 0.216 e. The quantitative estimate of drug-likeness (QED) is 0.729. The molecule has 70 valence electrons. The lowest BCUT2D eigenvalue weighted by atomic mass is 10.3. The Kier molecular flexibility index (Phi) is 2.66. The Balaban J connectivity index is 1.96. The fraction of sp³-hybridized carbons (Fsp3) is 0.100. The predicted octanol–water partition coefficient (Wildman–Crippen LogP) is 1.45. The molecule has 0 spiro atoms. The first kappa shape index (κ1) is 8.62. The van der Waals surface area contributed by atoms with Crippen LogP contribution >= 0.6 is 0 Å². The van der Waals surface area contributed by atoms with Crippen molar-refractivity contribution in [3.8, 4) is 5.88 Å². The lowest BCUT2D eigenvalue weighted by Crippen LogP contribution is -1.96. The standard InChI is InChI=1S/C10H9N3O/c1-4-11-5-2-9(1)7-14-10-3-6-12-8-13-10/h1-6,8H,7H2. The van der Waals surface area contributed by atoms with E-state index in [4.69, 9.17) is 4.74 Å². The fourth-order valence-corrected chi connectivity index (χ4v) is 1.00. The minimum Gasteiger partial charge on any atom is -0.473 e. The van der Waals surface area contributed by atoms with E-state index in [1.165, 1.54) is 6.33 Å². The third-order valence-electron chi connectivity index (χ3n) is 1.69. The van der Waals surface area contributed by atoms with Gasteiger partial charge in [-0.3, -0.25) is 4.98 Å². The van der Waals surface area contributed by atoms with Crippen molar-refractivity contribution in [3.05, 3.63) is 48.7 Å². The Morgan fingerprint density at radius 3 is 2.50 bits per heavy atom. The molecule has 0 bridgehead atoms. The van der Waals surface area contributed by atoms with Crippen LogP contribution < -0.4 is 4.74 Å². The number of hydrogen-bond donors (Lipinski definition) is 0. The molecule has 4 nitrogen and oxygen atoms in total. The monoisotopic (exact) mass is 187 g/mol. The van der Waals surface area contributed by atoms with Gasteiger partial charge in [0.2, 0.25) is 5.88 Å². The van der Waals surface area contributed by atoms with E-state index in [0.29, 0.717) is 12.5 Å². The third kappa shape index (κ3) is 2.26. The Hall–Kier alpha value is -1.97. The SMILES string of the molecule is c1cc(COc2ccncn2)ccn1. The second-order valence-electron chi connectivity index (χ2n) is 2.69. The molecule has 4 heteroatoms. The normalized spacial score (nSPS) is 9.71. The molecule has 2 rings (SSSR count). The van der Waals surface area contributed by atoms with Crippen LogP contribution in [-0.2, 0) is 6.61 Å². The van der Waals surface area contributed by atoms with E-state index in [-0.39, 0.29) is 0 Å². The average Bonchev–Trinajstić information content (AvgIpc) is 2.29. The molecule has 0 N–H and O–H groups in total. The largest absolute Gasteiger partial charge is 0.473 e. The summed E-state index contributed by atoms with van der Waals surface area (Å²) >= 11 is 0. The van der Waals surface area contributed by atoms with Gasteiger partial charge in [-0.15, -0.1) is 0 Å². The maximum absolute atomic E-state index is 5.41. The van der Waals surface area contributed by atoms with Crippen LogP contribution in [0.2, 0.25) is 0 Å². The third-order valence-corrected chi connectivity index (χ3v) is 1.69. The van der Waals surface area contributed by atoms with Crippen molar-refractivity contribution < 1.29 is 4.74 Å². The summed E-state index contributed by atoms with van der Waals surface area (Å²) in [4.78, 5) is 11.7. The lowest BCUT2D eigenvalue weighted by Gasteiger charge is -2.03. The van der Waals surface area contributed by atoms with Crippen LogP contribution in [0.1, 0.15) is 5.56 Å². The van der Waals surface area contributed by atoms with Crippen LogP contribution in [0, 0.1) is 0 Å². The topological polar surface area (TPSA) is 47.9 Å². The zero-order valence-corrected chi connectivity index (χ0v) is 7.50. The predicted molar refractivity (Wildman–Crippen MR) is 50.6 cm³/mol. The molecule has 0 saturated carbocycles. The van der Waals surface area contributed by atoms with Crippen molar-refractivity contribution in [2.24, 2.45) is 0 Å². The van der Waals surface area contributed by atoms with Gasteiger partial charge < -0.3 is 4.74 Å². The van der Waals surface area contributed by atoms with E-state index >= 15 is 0 Å². The fourth-order valence-electron chi connectivity index (χ4n) is 1.00. The molecule has 2 aromatic rings. The highest BCUT2D eigenvalue weighted by Gasteiger charge is 1.94. The summed E-state index contributed by atoms with van der Waals surface area (Å²) in [6, 6.07) is 5.53. The van der Waals surface area contributed by atoms with E-state index in [1.54, 1.807) is 24.7 Å². The van der Waals surface area contributed by atoms with Crippen molar-refractivity contribution >= 4 is 0 Å². The van der Waals surface area contributed by atoms with Crippen LogP contribution in [0.5, 0.6) is 5.88 Å². The maximum atomic E-state index is 5.41. The van der Waals surface area contributed by atoms with E-state index in [0.717, 1.165) is 5.56 Å². The second kappa shape index (κ2) is 4.32. The van der Waals surface area contributed by atoms with Crippen LogP contribution in [0.4, 0.5) is 0 Å². The Morgan fingerprint density at radius 2 is 1.79 bits per heavy atom. The first-order chi connectivity index (χ1) is 6.95. The second-order valence-corrected chi connectivity index (χ2v) is 2.69. The van der Waals surface area contributed by atoms with Crippen molar-refractivity contribution in [1.82, 2.24) is 15.0 Å². The van der Waals surface area contributed by atoms with Crippen LogP contribution in [-0.4, -0.2) is 15.0 Å². The highest BCUT2D eigenvalue weighted by atomic mass is 16.5. The van der Waals surface area contributed by atoms with Crippen molar-refractivity contribution in [2.75, 3.05) is 0 Å². The molecule has 0 aliphatic rings. The number of hydrogen-bond acceptors (Lipinski definition) is 4. The summed E-state index contributed by atoms with van der Waals surface area (Å²) < 4.78 is 5.41. The van der Waals surface area contributed by atoms with Gasteiger partial charge in [0, 0.05) is 24.7 Å². The van der Waals surface area contributed by atoms with E-state index < -0.39 is 0 Å². The van der Waals surface area contributed by atoms with Gasteiger partial charge in [0.1, 0.15) is 12.9 Å². The zero-order chi connectivity index (χ0) is 9.64. The molecule has 2 aromatic heterocycles. The molecule has 0 radical (unpaired) electrons. The van der Waals surface area contributed by atoms with Gasteiger partial charge in [0.25, 0.3) is 0 Å². The van der Waals surface area contributed by atoms with Gasteiger partial charge in [0.05, 0.1) is 0 Å². The summed E-state index contributed by atoms with van der Waals surface area (Å²) in [6.07, 6.45) is 6.58. The van der Waals surface area contributed by atoms with Gasteiger partial charge in [0.15, 0.2) is 0 Å². The van der Waals surface area contributed by atoms with Crippen LogP contribution in [0.15, 0.2) is 43.1 Å². The summed E-state index contributed by atoms with van der Waals surface area (Å²) in [5, 5.41) is 0. The van der Waals surface area contributed by atoms with Gasteiger partial charge in [-0.25, -0.2) is 9.97 Å². The molecule has 0 aromatic carbocycles. The van der Waals surface area contributed by atoms with Crippen molar-refractivity contribution in [3.63, 3.8) is 0 Å². The first-order valence-electron chi connectivity index (χ1n) is 4.23. The van der Waals surface area contributed by atoms with E-state index in [1.807, 2.05) is 12.1 Å². The smallest absolute Gasteiger partial charge is 0.216 e. The van der Waals surface area contributed by atoms with Gasteiger partial charge in [-0.05, 0) is 17.7 Å². The Morgan fingerprint density at radius 1 is 1.00 bits per heavy atom. The van der Waals surface area contributed by atoms with E-state index in [9.17, 15) is 0 Å². The minimum absolute atomic E-state index is 0.500. The molecule has 0 saturated heterocycles. The Labute approximate surface area is 81.6 Å². The van der Waals surface area contributed by atoms with Crippen LogP contribution in [0.25, 0.3) is 0 Å². The molecular weight excluding hydrogens is 178 g/mol. The zero-order valence-electron chi connectivity index (χ0n) is 7.50. The molecule has 14 heavy (non-hydrogen) atoms. The molecule has 0 unspecified atom stereocenters. The van der Waals surface area contributed by atoms with Gasteiger partial charge >= 0.3 is 0 Å². The molecular formula is C10H9N3O. The molecule has 0 atom stereocenters. The number of rotatable bonds is 3. The Bertz CT molecular complexity index is 338. The summed E-state index contributed by atoms with van der Waals surface area (Å²) in [5.41, 5.74) is 1.07. The molecule has 0 aliphatic heterocycles. The van der Waals surface area contributed by atoms with Crippen molar-refractivity contribution in [2.45, 2.75) is 6.61 Å². The van der Waals surface area contributed by atoms with Gasteiger partial charge in [-0.1, -0.05) is 0 Å². The summed E-state index contributed by atoms with van der Waals surface area (Å²) in [5.74, 6) is 0.580. The van der Waals surface area contributed by atoms with Crippen LogP contribution in [0.3, 0.4) is 0 Å². The average molecular weight is 187 g/mol. The number of aromatic nitrogens is 3. The molecule has 0 fully saturated rings. The highest BCUT2D eigenvalue weighted by molar-refractivity contribution is 5.11. The molecule has 2 heterocycles. The lowest BCUT2D eigenvalue weighted by molar-refractivity contribution is 0.293.